The van der Waals surface area contributed by atoms with E-state index in [9.17, 15) is 13.2 Å². The lowest BCUT2D eigenvalue weighted by Gasteiger charge is -2.19. The summed E-state index contributed by atoms with van der Waals surface area (Å²) in [5, 5.41) is 8.83. The van der Waals surface area contributed by atoms with Gasteiger partial charge in [-0.3, -0.25) is 9.10 Å². The highest BCUT2D eigenvalue weighted by atomic mass is 32.2. The highest BCUT2D eigenvalue weighted by Crippen LogP contribution is 2.24. The minimum Gasteiger partial charge on any atom is -0.337 e. The van der Waals surface area contributed by atoms with Gasteiger partial charge in [0.15, 0.2) is 0 Å². The lowest BCUT2D eigenvalue weighted by molar-refractivity contribution is 0.0785. The van der Waals surface area contributed by atoms with E-state index in [4.69, 9.17) is 5.26 Å². The molecule has 0 N–H and O–H groups in total. The Morgan fingerprint density at radius 3 is 2.35 bits per heavy atom. The Morgan fingerprint density at radius 1 is 1.15 bits per heavy atom. The summed E-state index contributed by atoms with van der Waals surface area (Å²) in [6.07, 6.45) is 0.621. The second kappa shape index (κ2) is 7.18. The van der Waals surface area contributed by atoms with Crippen LogP contribution in [0.15, 0.2) is 48.5 Å². The van der Waals surface area contributed by atoms with E-state index in [-0.39, 0.29) is 11.7 Å². The van der Waals surface area contributed by atoms with E-state index in [0.29, 0.717) is 36.3 Å². The molecule has 3 rings (SSSR count). The molecule has 1 heterocycles. The summed E-state index contributed by atoms with van der Waals surface area (Å²) in [7, 11) is -1.51. The first-order chi connectivity index (χ1) is 12.4. The van der Waals surface area contributed by atoms with Crippen molar-refractivity contribution < 1.29 is 13.2 Å². The lowest BCUT2D eigenvalue weighted by Crippen LogP contribution is -2.27. The van der Waals surface area contributed by atoms with Crippen LogP contribution in [0.2, 0.25) is 0 Å². The topological polar surface area (TPSA) is 81.5 Å². The first-order valence-corrected chi connectivity index (χ1v) is 9.86. The SMILES string of the molecule is CN(Cc1ccc(C#N)cc1)C(=O)c1ccc(N2CCCS2(=O)=O)cc1. The summed E-state index contributed by atoms with van der Waals surface area (Å²) in [5.74, 6) is 0.0197. The smallest absolute Gasteiger partial charge is 0.253 e. The largest absolute Gasteiger partial charge is 0.337 e. The van der Waals surface area contributed by atoms with Crippen molar-refractivity contribution in [3.05, 3.63) is 65.2 Å². The molecule has 26 heavy (non-hydrogen) atoms. The monoisotopic (exact) mass is 369 g/mol. The van der Waals surface area contributed by atoms with E-state index in [1.165, 1.54) is 4.31 Å². The van der Waals surface area contributed by atoms with Gasteiger partial charge in [0.05, 0.1) is 23.1 Å². The fourth-order valence-electron chi connectivity index (χ4n) is 2.95. The number of nitriles is 1. The average Bonchev–Trinajstić information content (AvgIpc) is 3.01. The van der Waals surface area contributed by atoms with Crippen molar-refractivity contribution >= 4 is 21.6 Å². The number of hydrogen-bond acceptors (Lipinski definition) is 4. The van der Waals surface area contributed by atoms with E-state index in [1.54, 1.807) is 48.3 Å². The van der Waals surface area contributed by atoms with Crippen LogP contribution in [0.5, 0.6) is 0 Å². The Bertz CT molecular complexity index is 945. The molecule has 1 aliphatic heterocycles. The van der Waals surface area contributed by atoms with Crippen LogP contribution in [0.25, 0.3) is 0 Å². The molecule has 0 radical (unpaired) electrons. The molecule has 134 valence electrons. The molecule has 6 nitrogen and oxygen atoms in total. The molecule has 2 aromatic rings. The molecule has 1 amide bonds. The number of benzene rings is 2. The molecule has 0 bridgehead atoms. The van der Waals surface area contributed by atoms with Crippen LogP contribution in [0.1, 0.15) is 27.9 Å². The Labute approximate surface area is 153 Å². The van der Waals surface area contributed by atoms with Crippen molar-refractivity contribution in [2.24, 2.45) is 0 Å². The molecule has 0 atom stereocenters. The van der Waals surface area contributed by atoms with Crippen molar-refractivity contribution in [1.29, 1.82) is 5.26 Å². The number of amides is 1. The maximum Gasteiger partial charge on any atom is 0.253 e. The second-order valence-electron chi connectivity index (χ2n) is 6.26. The molecular weight excluding hydrogens is 350 g/mol. The number of carbonyl (C=O) groups is 1. The van der Waals surface area contributed by atoms with Gasteiger partial charge in [-0.15, -0.1) is 0 Å². The van der Waals surface area contributed by atoms with Gasteiger partial charge >= 0.3 is 0 Å². The number of hydrogen-bond donors (Lipinski definition) is 0. The molecule has 0 spiro atoms. The highest BCUT2D eigenvalue weighted by Gasteiger charge is 2.28. The van der Waals surface area contributed by atoms with Gasteiger partial charge in [-0.2, -0.15) is 5.26 Å². The number of rotatable bonds is 4. The van der Waals surface area contributed by atoms with Gasteiger partial charge in [0.2, 0.25) is 10.0 Å². The minimum atomic E-state index is -3.22. The van der Waals surface area contributed by atoms with E-state index in [1.807, 2.05) is 12.1 Å². The fraction of sp³-hybridized carbons (Fsp3) is 0.263. The van der Waals surface area contributed by atoms with Gasteiger partial charge in [0, 0.05) is 25.7 Å². The van der Waals surface area contributed by atoms with Crippen LogP contribution in [0, 0.1) is 11.3 Å². The Balaban J connectivity index is 1.70. The van der Waals surface area contributed by atoms with E-state index < -0.39 is 10.0 Å². The Hall–Kier alpha value is -2.85. The number of anilines is 1. The molecule has 0 saturated carbocycles. The van der Waals surface area contributed by atoms with Gasteiger partial charge in [-0.05, 0) is 48.4 Å². The van der Waals surface area contributed by atoms with E-state index in [0.717, 1.165) is 5.56 Å². The van der Waals surface area contributed by atoms with Crippen LogP contribution in [0.3, 0.4) is 0 Å². The van der Waals surface area contributed by atoms with Crippen molar-refractivity contribution in [3.8, 4) is 6.07 Å². The van der Waals surface area contributed by atoms with Crippen molar-refractivity contribution in [2.75, 3.05) is 23.7 Å². The quantitative estimate of drug-likeness (QED) is 0.828. The van der Waals surface area contributed by atoms with Crippen molar-refractivity contribution in [1.82, 2.24) is 4.90 Å². The van der Waals surface area contributed by atoms with Crippen LogP contribution in [-0.2, 0) is 16.6 Å². The van der Waals surface area contributed by atoms with Gasteiger partial charge in [0.25, 0.3) is 5.91 Å². The number of carbonyl (C=O) groups excluding carboxylic acids is 1. The first kappa shape index (κ1) is 18.0. The van der Waals surface area contributed by atoms with Gasteiger partial charge in [0.1, 0.15) is 0 Å². The summed E-state index contributed by atoms with van der Waals surface area (Å²) >= 11 is 0. The first-order valence-electron chi connectivity index (χ1n) is 8.26. The Kier molecular flexibility index (Phi) is 4.96. The standard InChI is InChI=1S/C19H19N3O3S/c1-21(14-16-5-3-15(13-20)4-6-16)19(23)17-7-9-18(10-8-17)22-11-2-12-26(22,24)25/h3-10H,2,11-12,14H2,1H3. The molecule has 1 aliphatic rings. The summed E-state index contributed by atoms with van der Waals surface area (Å²) in [5.41, 5.74) is 2.60. The maximum atomic E-state index is 12.6. The molecule has 7 heteroatoms. The summed E-state index contributed by atoms with van der Waals surface area (Å²) in [4.78, 5) is 14.2. The van der Waals surface area contributed by atoms with Crippen LogP contribution >= 0.6 is 0 Å². The van der Waals surface area contributed by atoms with Gasteiger partial charge < -0.3 is 4.90 Å². The molecule has 0 unspecified atom stereocenters. The third-order valence-corrected chi connectivity index (χ3v) is 6.22. The molecule has 1 saturated heterocycles. The third kappa shape index (κ3) is 3.70. The van der Waals surface area contributed by atoms with E-state index in [2.05, 4.69) is 6.07 Å². The normalized spacial score (nSPS) is 15.5. The predicted molar refractivity (Wildman–Crippen MR) is 99.1 cm³/mol. The third-order valence-electron chi connectivity index (χ3n) is 4.35. The molecule has 0 aromatic heterocycles. The molecular formula is C19H19N3O3S. The summed E-state index contributed by atoms with van der Waals surface area (Å²) in [6.45, 7) is 0.904. The van der Waals surface area contributed by atoms with E-state index >= 15 is 0 Å². The molecule has 1 fully saturated rings. The maximum absolute atomic E-state index is 12.6. The minimum absolute atomic E-state index is 0.148. The lowest BCUT2D eigenvalue weighted by atomic mass is 10.1. The zero-order chi connectivity index (χ0) is 18.7. The van der Waals surface area contributed by atoms with Crippen molar-refractivity contribution in [2.45, 2.75) is 13.0 Å². The van der Waals surface area contributed by atoms with Crippen molar-refractivity contribution in [3.63, 3.8) is 0 Å². The summed E-state index contributed by atoms with van der Waals surface area (Å²) in [6, 6.07) is 15.8. The second-order valence-corrected chi connectivity index (χ2v) is 8.27. The zero-order valence-corrected chi connectivity index (χ0v) is 15.2. The highest BCUT2D eigenvalue weighted by molar-refractivity contribution is 7.93. The molecule has 2 aromatic carbocycles. The summed E-state index contributed by atoms with van der Waals surface area (Å²) < 4.78 is 25.3. The molecule has 0 aliphatic carbocycles. The average molecular weight is 369 g/mol. The van der Waals surface area contributed by atoms with Crippen LogP contribution in [-0.4, -0.2) is 38.6 Å². The number of sulfonamides is 1. The van der Waals surface area contributed by atoms with Crippen LogP contribution in [0.4, 0.5) is 5.69 Å². The van der Waals surface area contributed by atoms with Crippen LogP contribution < -0.4 is 4.31 Å². The van der Waals surface area contributed by atoms with Gasteiger partial charge in [-0.25, -0.2) is 8.42 Å². The fourth-order valence-corrected chi connectivity index (χ4v) is 4.52. The zero-order valence-electron chi connectivity index (χ0n) is 14.4. The predicted octanol–water partition coefficient (Wildman–Crippen LogP) is 2.37. The Morgan fingerprint density at radius 2 is 1.81 bits per heavy atom. The number of nitrogens with zero attached hydrogens (tertiary/aromatic N) is 3. The van der Waals surface area contributed by atoms with Gasteiger partial charge in [-0.1, -0.05) is 12.1 Å².